The fourth-order valence-electron chi connectivity index (χ4n) is 3.85. The maximum Gasteiger partial charge on any atom is 0.313 e. The summed E-state index contributed by atoms with van der Waals surface area (Å²) in [5.41, 5.74) is 2.97. The van der Waals surface area contributed by atoms with Crippen LogP contribution >= 0.6 is 0 Å². The lowest BCUT2D eigenvalue weighted by molar-refractivity contribution is -0.144. The van der Waals surface area contributed by atoms with Crippen LogP contribution in [0.5, 0.6) is 0 Å². The summed E-state index contributed by atoms with van der Waals surface area (Å²) >= 11 is 0. The largest absolute Gasteiger partial charge is 0.334 e. The topological polar surface area (TPSA) is 49.4 Å². The number of para-hydroxylation sites is 1. The van der Waals surface area contributed by atoms with Crippen molar-refractivity contribution in [3.8, 4) is 0 Å². The molecule has 148 valence electrons. The summed E-state index contributed by atoms with van der Waals surface area (Å²) in [4.78, 5) is 26.9. The Morgan fingerprint density at radius 2 is 1.57 bits per heavy atom. The molecule has 0 saturated carbocycles. The highest BCUT2D eigenvalue weighted by Crippen LogP contribution is 2.29. The minimum Gasteiger partial charge on any atom is -0.334 e. The third-order valence-corrected chi connectivity index (χ3v) is 5.45. The molecule has 28 heavy (non-hydrogen) atoms. The van der Waals surface area contributed by atoms with Crippen LogP contribution in [0.3, 0.4) is 0 Å². The van der Waals surface area contributed by atoms with Gasteiger partial charge in [-0.2, -0.15) is 0 Å². The second-order valence-corrected chi connectivity index (χ2v) is 8.68. The van der Waals surface area contributed by atoms with Crippen molar-refractivity contribution in [1.29, 1.82) is 0 Å². The van der Waals surface area contributed by atoms with Gasteiger partial charge in [-0.3, -0.25) is 9.59 Å². The van der Waals surface area contributed by atoms with E-state index in [1.54, 1.807) is 4.90 Å². The first kappa shape index (κ1) is 20.1. The van der Waals surface area contributed by atoms with Gasteiger partial charge < -0.3 is 10.2 Å². The molecule has 2 aromatic carbocycles. The molecule has 0 spiro atoms. The Kier molecular flexibility index (Phi) is 6.18. The molecule has 2 amide bonds. The van der Waals surface area contributed by atoms with Gasteiger partial charge in [-0.25, -0.2) is 0 Å². The number of hydrogen-bond donors (Lipinski definition) is 1. The van der Waals surface area contributed by atoms with Crippen LogP contribution in [0.25, 0.3) is 0 Å². The lowest BCUT2D eigenvalue weighted by Crippen LogP contribution is -2.44. The molecule has 1 fully saturated rings. The Morgan fingerprint density at radius 1 is 0.964 bits per heavy atom. The molecule has 4 nitrogen and oxygen atoms in total. The minimum absolute atomic E-state index is 0.108. The Labute approximate surface area is 167 Å². The third kappa shape index (κ3) is 5.00. The Morgan fingerprint density at radius 3 is 2.21 bits per heavy atom. The molecule has 0 bridgehead atoms. The molecule has 0 unspecified atom stereocenters. The van der Waals surface area contributed by atoms with E-state index in [0.29, 0.717) is 24.7 Å². The number of nitrogens with one attached hydrogen (secondary N) is 1. The van der Waals surface area contributed by atoms with Gasteiger partial charge in [0.2, 0.25) is 0 Å². The van der Waals surface area contributed by atoms with Crippen LogP contribution in [0, 0.1) is 5.92 Å². The molecule has 0 radical (unpaired) electrons. The highest BCUT2D eigenvalue weighted by molar-refractivity contribution is 6.39. The van der Waals surface area contributed by atoms with Crippen LogP contribution in [0.15, 0.2) is 54.6 Å². The zero-order chi connectivity index (χ0) is 20.1. The second-order valence-electron chi connectivity index (χ2n) is 8.68. The molecule has 0 aliphatic carbocycles. The van der Waals surface area contributed by atoms with E-state index in [-0.39, 0.29) is 5.41 Å². The highest BCUT2D eigenvalue weighted by atomic mass is 16.2. The van der Waals surface area contributed by atoms with Gasteiger partial charge in [0.1, 0.15) is 0 Å². The molecule has 4 heteroatoms. The molecule has 3 rings (SSSR count). The van der Waals surface area contributed by atoms with Gasteiger partial charge in [-0.05, 0) is 47.8 Å². The summed E-state index contributed by atoms with van der Waals surface area (Å²) in [5.74, 6) is -0.406. The van der Waals surface area contributed by atoms with E-state index in [9.17, 15) is 9.59 Å². The first-order valence-corrected chi connectivity index (χ1v) is 10.1. The van der Waals surface area contributed by atoms with Crippen LogP contribution in [-0.2, 0) is 21.4 Å². The van der Waals surface area contributed by atoms with E-state index < -0.39 is 11.8 Å². The number of anilines is 1. The normalized spacial score (nSPS) is 15.3. The predicted molar refractivity (Wildman–Crippen MR) is 113 cm³/mol. The van der Waals surface area contributed by atoms with Gasteiger partial charge in [0.05, 0.1) is 0 Å². The average molecular weight is 379 g/mol. The van der Waals surface area contributed by atoms with Crippen molar-refractivity contribution >= 4 is 17.5 Å². The molecule has 0 aromatic heterocycles. The van der Waals surface area contributed by atoms with Crippen LogP contribution < -0.4 is 5.32 Å². The standard InChI is InChI=1S/C24H30N2O2/c1-24(2,3)20-11-7-8-12-21(20)25-22(27)23(28)26-15-13-19(14-16-26)17-18-9-5-4-6-10-18/h4-12,19H,13-17H2,1-3H3,(H,25,27). The van der Waals surface area contributed by atoms with Crippen molar-refractivity contribution in [1.82, 2.24) is 4.90 Å². The smallest absolute Gasteiger partial charge is 0.313 e. The van der Waals surface area contributed by atoms with E-state index in [4.69, 9.17) is 0 Å². The molecular formula is C24H30N2O2. The Balaban J connectivity index is 1.56. The van der Waals surface area contributed by atoms with Crippen molar-refractivity contribution in [3.63, 3.8) is 0 Å². The van der Waals surface area contributed by atoms with Crippen molar-refractivity contribution < 1.29 is 9.59 Å². The van der Waals surface area contributed by atoms with Gasteiger partial charge in [0.15, 0.2) is 0 Å². The molecule has 1 aliphatic heterocycles. The Hall–Kier alpha value is -2.62. The number of nitrogens with zero attached hydrogens (tertiary/aromatic N) is 1. The number of carbonyl (C=O) groups excluding carboxylic acids is 2. The fourth-order valence-corrected chi connectivity index (χ4v) is 3.85. The number of piperidine rings is 1. The molecule has 0 atom stereocenters. The molecule has 2 aromatic rings. The van der Waals surface area contributed by atoms with Gasteiger partial charge in [0.25, 0.3) is 0 Å². The zero-order valence-corrected chi connectivity index (χ0v) is 17.1. The number of amides is 2. The average Bonchev–Trinajstić information content (AvgIpc) is 2.68. The number of rotatable bonds is 3. The van der Waals surface area contributed by atoms with E-state index in [2.05, 4.69) is 50.4 Å². The van der Waals surface area contributed by atoms with E-state index in [1.807, 2.05) is 30.3 Å². The van der Waals surface area contributed by atoms with E-state index in [1.165, 1.54) is 5.56 Å². The predicted octanol–water partition coefficient (Wildman–Crippen LogP) is 4.40. The lowest BCUT2D eigenvalue weighted by Gasteiger charge is -2.32. The van der Waals surface area contributed by atoms with Crippen LogP contribution in [0.1, 0.15) is 44.7 Å². The summed E-state index contributed by atoms with van der Waals surface area (Å²) < 4.78 is 0. The lowest BCUT2D eigenvalue weighted by atomic mass is 9.86. The van der Waals surface area contributed by atoms with Crippen molar-refractivity contribution in [2.75, 3.05) is 18.4 Å². The van der Waals surface area contributed by atoms with Crippen molar-refractivity contribution in [2.24, 2.45) is 5.92 Å². The van der Waals surface area contributed by atoms with Crippen LogP contribution in [0.2, 0.25) is 0 Å². The molecule has 1 N–H and O–H groups in total. The summed E-state index contributed by atoms with van der Waals surface area (Å²) in [6.45, 7) is 7.57. The summed E-state index contributed by atoms with van der Waals surface area (Å²) in [6, 6.07) is 18.1. The molecular weight excluding hydrogens is 348 g/mol. The number of benzene rings is 2. The molecule has 1 saturated heterocycles. The number of carbonyl (C=O) groups is 2. The highest BCUT2D eigenvalue weighted by Gasteiger charge is 2.28. The first-order valence-electron chi connectivity index (χ1n) is 10.1. The summed E-state index contributed by atoms with van der Waals surface area (Å²) in [5, 5.41) is 2.84. The quantitative estimate of drug-likeness (QED) is 0.805. The number of hydrogen-bond acceptors (Lipinski definition) is 2. The summed E-state index contributed by atoms with van der Waals surface area (Å²) in [7, 11) is 0. The van der Waals surface area contributed by atoms with Gasteiger partial charge in [0, 0.05) is 18.8 Å². The van der Waals surface area contributed by atoms with Crippen molar-refractivity contribution in [2.45, 2.75) is 45.4 Å². The maximum absolute atomic E-state index is 12.6. The van der Waals surface area contributed by atoms with E-state index in [0.717, 1.165) is 24.8 Å². The summed E-state index contributed by atoms with van der Waals surface area (Å²) in [6.07, 6.45) is 2.91. The second kappa shape index (κ2) is 8.59. The number of likely N-dealkylation sites (tertiary alicyclic amines) is 1. The molecule has 1 aliphatic rings. The first-order chi connectivity index (χ1) is 13.3. The Bertz CT molecular complexity index is 816. The third-order valence-electron chi connectivity index (χ3n) is 5.45. The van der Waals surface area contributed by atoms with Crippen molar-refractivity contribution in [3.05, 3.63) is 65.7 Å². The van der Waals surface area contributed by atoms with E-state index >= 15 is 0 Å². The van der Waals surface area contributed by atoms with Gasteiger partial charge in [-0.1, -0.05) is 69.3 Å². The minimum atomic E-state index is -0.543. The van der Waals surface area contributed by atoms with Gasteiger partial charge in [-0.15, -0.1) is 0 Å². The zero-order valence-electron chi connectivity index (χ0n) is 17.1. The van der Waals surface area contributed by atoms with Crippen LogP contribution in [-0.4, -0.2) is 29.8 Å². The molecule has 1 heterocycles. The van der Waals surface area contributed by atoms with Crippen LogP contribution in [0.4, 0.5) is 5.69 Å². The van der Waals surface area contributed by atoms with Gasteiger partial charge >= 0.3 is 11.8 Å². The monoisotopic (exact) mass is 378 g/mol. The fraction of sp³-hybridized carbons (Fsp3) is 0.417. The maximum atomic E-state index is 12.6. The SMILES string of the molecule is CC(C)(C)c1ccccc1NC(=O)C(=O)N1CCC(Cc2ccccc2)CC1.